The van der Waals surface area contributed by atoms with Gasteiger partial charge in [0.05, 0.1) is 10.5 Å². The maximum Gasteiger partial charge on any atom is 0.252 e. The van der Waals surface area contributed by atoms with Crippen LogP contribution in [0.3, 0.4) is 0 Å². The Labute approximate surface area is 152 Å². The fourth-order valence-electron chi connectivity index (χ4n) is 3.00. The Morgan fingerprint density at radius 3 is 2.35 bits per heavy atom. The average molecular weight is 376 g/mol. The van der Waals surface area contributed by atoms with Gasteiger partial charge in [0.2, 0.25) is 10.0 Å². The molecule has 1 saturated heterocycles. The van der Waals surface area contributed by atoms with Gasteiger partial charge in [0.25, 0.3) is 5.91 Å². The van der Waals surface area contributed by atoms with Crippen molar-refractivity contribution in [3.8, 4) is 0 Å². The summed E-state index contributed by atoms with van der Waals surface area (Å²) in [5, 5.41) is 2.71. The third kappa shape index (κ3) is 4.11. The molecule has 138 valence electrons. The van der Waals surface area contributed by atoms with E-state index in [-0.39, 0.29) is 22.8 Å². The summed E-state index contributed by atoms with van der Waals surface area (Å²) < 4.78 is 40.3. The van der Waals surface area contributed by atoms with Crippen molar-refractivity contribution in [3.05, 3.63) is 65.5 Å². The lowest BCUT2D eigenvalue weighted by molar-refractivity contribution is 0.0947. The quantitative estimate of drug-likeness (QED) is 0.873. The molecule has 0 spiro atoms. The lowest BCUT2D eigenvalue weighted by atomic mass is 10.2. The molecule has 7 heteroatoms. The van der Waals surface area contributed by atoms with E-state index in [2.05, 4.69) is 5.32 Å². The number of hydrogen-bond acceptors (Lipinski definition) is 3. The van der Waals surface area contributed by atoms with Crippen LogP contribution in [0.1, 0.15) is 35.2 Å². The minimum Gasteiger partial charge on any atom is -0.348 e. The zero-order chi connectivity index (χ0) is 18.6. The first-order chi connectivity index (χ1) is 12.5. The lowest BCUT2D eigenvalue weighted by Gasteiger charge is -2.26. The van der Waals surface area contributed by atoms with Crippen LogP contribution in [-0.2, 0) is 16.6 Å². The number of amides is 1. The van der Waals surface area contributed by atoms with Gasteiger partial charge in [-0.15, -0.1) is 0 Å². The Bertz CT molecular complexity index is 876. The van der Waals surface area contributed by atoms with Crippen LogP contribution in [0.15, 0.2) is 53.4 Å². The molecule has 0 aliphatic carbocycles. The van der Waals surface area contributed by atoms with Crippen LogP contribution in [0.25, 0.3) is 0 Å². The number of carbonyl (C=O) groups excluding carboxylic acids is 1. The number of benzene rings is 2. The monoisotopic (exact) mass is 376 g/mol. The molecular formula is C19H21FN2O3S. The van der Waals surface area contributed by atoms with Crippen molar-refractivity contribution >= 4 is 15.9 Å². The van der Waals surface area contributed by atoms with E-state index in [1.54, 1.807) is 24.3 Å². The Morgan fingerprint density at radius 2 is 1.65 bits per heavy atom. The minimum atomic E-state index is -3.70. The number of carbonyl (C=O) groups is 1. The van der Waals surface area contributed by atoms with Gasteiger partial charge in [-0.2, -0.15) is 4.31 Å². The largest absolute Gasteiger partial charge is 0.348 e. The Morgan fingerprint density at radius 1 is 1.00 bits per heavy atom. The van der Waals surface area contributed by atoms with Crippen LogP contribution in [0.2, 0.25) is 0 Å². The van der Waals surface area contributed by atoms with Crippen molar-refractivity contribution in [2.24, 2.45) is 0 Å². The number of sulfonamides is 1. The topological polar surface area (TPSA) is 66.5 Å². The smallest absolute Gasteiger partial charge is 0.252 e. The predicted molar refractivity (Wildman–Crippen MR) is 96.6 cm³/mol. The molecule has 3 rings (SSSR count). The lowest BCUT2D eigenvalue weighted by Crippen LogP contribution is -2.37. The van der Waals surface area contributed by atoms with Gasteiger partial charge in [-0.25, -0.2) is 12.8 Å². The number of halogens is 1. The van der Waals surface area contributed by atoms with E-state index >= 15 is 0 Å². The Balaban J connectivity index is 1.79. The van der Waals surface area contributed by atoms with E-state index in [0.29, 0.717) is 13.1 Å². The number of hydrogen-bond donors (Lipinski definition) is 1. The normalized spacial score (nSPS) is 15.6. The summed E-state index contributed by atoms with van der Waals surface area (Å²) >= 11 is 0. The highest BCUT2D eigenvalue weighted by Crippen LogP contribution is 2.23. The predicted octanol–water partition coefficient (Wildman–Crippen LogP) is 2.93. The Kier molecular flexibility index (Phi) is 5.68. The fourth-order valence-corrected chi connectivity index (χ4v) is 4.71. The van der Waals surface area contributed by atoms with Crippen molar-refractivity contribution in [1.82, 2.24) is 9.62 Å². The molecule has 0 radical (unpaired) electrons. The molecule has 1 N–H and O–H groups in total. The average Bonchev–Trinajstić information content (AvgIpc) is 2.68. The minimum absolute atomic E-state index is 0.0264. The van der Waals surface area contributed by atoms with Crippen molar-refractivity contribution in [1.29, 1.82) is 0 Å². The van der Waals surface area contributed by atoms with Gasteiger partial charge in [0.15, 0.2) is 0 Å². The van der Waals surface area contributed by atoms with E-state index in [9.17, 15) is 17.6 Å². The molecular weight excluding hydrogens is 355 g/mol. The second-order valence-corrected chi connectivity index (χ2v) is 8.18. The number of nitrogens with zero attached hydrogens (tertiary/aromatic N) is 1. The summed E-state index contributed by atoms with van der Waals surface area (Å²) in [5.74, 6) is -0.816. The highest BCUT2D eigenvalue weighted by atomic mass is 32.2. The van der Waals surface area contributed by atoms with Gasteiger partial charge in [0, 0.05) is 19.6 Å². The summed E-state index contributed by atoms with van der Waals surface area (Å²) in [4.78, 5) is 12.6. The fraction of sp³-hybridized carbons (Fsp3) is 0.316. The van der Waals surface area contributed by atoms with Gasteiger partial charge in [-0.1, -0.05) is 30.7 Å². The third-order valence-corrected chi connectivity index (χ3v) is 6.39. The van der Waals surface area contributed by atoms with E-state index < -0.39 is 15.9 Å². The summed E-state index contributed by atoms with van der Waals surface area (Å²) in [6.45, 7) is 1.15. The van der Waals surface area contributed by atoms with Gasteiger partial charge in [0.1, 0.15) is 5.82 Å². The summed E-state index contributed by atoms with van der Waals surface area (Å²) in [5.41, 5.74) is 0.858. The molecule has 0 aromatic heterocycles. The first-order valence-electron chi connectivity index (χ1n) is 8.60. The standard InChI is InChI=1S/C19H21FN2O3S/c20-16-10-8-15(9-11-16)14-21-19(23)17-6-2-3-7-18(17)26(24,25)22-12-4-1-5-13-22/h2-3,6-11H,1,4-5,12-14H2,(H,21,23). The molecule has 2 aromatic rings. The third-order valence-electron chi connectivity index (χ3n) is 4.43. The molecule has 0 unspecified atom stereocenters. The summed E-state index contributed by atoms with van der Waals surface area (Å²) in [7, 11) is -3.70. The Hall–Kier alpha value is -2.25. The zero-order valence-corrected chi connectivity index (χ0v) is 15.1. The first kappa shape index (κ1) is 18.5. The van der Waals surface area contributed by atoms with Gasteiger partial charge >= 0.3 is 0 Å². The van der Waals surface area contributed by atoms with E-state index in [1.165, 1.54) is 28.6 Å². The molecule has 1 heterocycles. The first-order valence-corrected chi connectivity index (χ1v) is 10.0. The van der Waals surface area contributed by atoms with E-state index in [0.717, 1.165) is 24.8 Å². The van der Waals surface area contributed by atoms with E-state index in [4.69, 9.17) is 0 Å². The van der Waals surface area contributed by atoms with Crippen LogP contribution in [0.4, 0.5) is 4.39 Å². The zero-order valence-electron chi connectivity index (χ0n) is 14.3. The van der Waals surface area contributed by atoms with Crippen LogP contribution in [0, 0.1) is 5.82 Å². The van der Waals surface area contributed by atoms with Gasteiger partial charge < -0.3 is 5.32 Å². The second kappa shape index (κ2) is 7.97. The highest BCUT2D eigenvalue weighted by molar-refractivity contribution is 7.89. The molecule has 1 amide bonds. The molecule has 0 saturated carbocycles. The SMILES string of the molecule is O=C(NCc1ccc(F)cc1)c1ccccc1S(=O)(=O)N1CCCCC1. The highest BCUT2D eigenvalue weighted by Gasteiger charge is 2.29. The van der Waals surface area contributed by atoms with Crippen LogP contribution >= 0.6 is 0 Å². The molecule has 5 nitrogen and oxygen atoms in total. The van der Waals surface area contributed by atoms with Crippen molar-refractivity contribution in [3.63, 3.8) is 0 Å². The van der Waals surface area contributed by atoms with Gasteiger partial charge in [-0.3, -0.25) is 4.79 Å². The molecule has 1 aliphatic rings. The van der Waals surface area contributed by atoms with Crippen LogP contribution in [-0.4, -0.2) is 31.7 Å². The maximum absolute atomic E-state index is 13.0. The molecule has 1 fully saturated rings. The van der Waals surface area contributed by atoms with E-state index in [1.807, 2.05) is 0 Å². The molecule has 0 atom stereocenters. The number of piperidine rings is 1. The van der Waals surface area contributed by atoms with Gasteiger partial charge in [-0.05, 0) is 42.7 Å². The second-order valence-electron chi connectivity index (χ2n) is 6.27. The van der Waals surface area contributed by atoms with Crippen molar-refractivity contribution < 1.29 is 17.6 Å². The molecule has 26 heavy (non-hydrogen) atoms. The molecule has 0 bridgehead atoms. The van der Waals surface area contributed by atoms with Crippen molar-refractivity contribution in [2.75, 3.05) is 13.1 Å². The maximum atomic E-state index is 13.0. The van der Waals surface area contributed by atoms with Crippen LogP contribution < -0.4 is 5.32 Å². The molecule has 2 aromatic carbocycles. The number of nitrogens with one attached hydrogen (secondary N) is 1. The van der Waals surface area contributed by atoms with Crippen molar-refractivity contribution in [2.45, 2.75) is 30.7 Å². The van der Waals surface area contributed by atoms with Crippen LogP contribution in [0.5, 0.6) is 0 Å². The summed E-state index contributed by atoms with van der Waals surface area (Å²) in [6.07, 6.45) is 2.68. The number of rotatable bonds is 5. The summed E-state index contributed by atoms with van der Waals surface area (Å²) in [6, 6.07) is 12.0. The molecule has 1 aliphatic heterocycles.